The molecule has 0 saturated heterocycles. The normalized spacial score (nSPS) is 9.00. The van der Waals surface area contributed by atoms with E-state index >= 15 is 0 Å². The minimum Gasteiger partial charge on any atom is -0.0985 e. The second kappa shape index (κ2) is 3.72. The van der Waals surface area contributed by atoms with E-state index in [9.17, 15) is 0 Å². The SMILES string of the molecule is C=CC(=C)C(=C)c1ccccc1. The molecule has 0 nitrogen and oxygen atoms in total. The highest BCUT2D eigenvalue weighted by atomic mass is 14.0. The zero-order chi connectivity index (χ0) is 8.97. The molecule has 1 aromatic carbocycles. The van der Waals surface area contributed by atoms with E-state index in [1.54, 1.807) is 6.08 Å². The summed E-state index contributed by atoms with van der Waals surface area (Å²) < 4.78 is 0. The highest BCUT2D eigenvalue weighted by molar-refractivity contribution is 5.78. The van der Waals surface area contributed by atoms with Crippen LogP contribution in [0.25, 0.3) is 5.57 Å². The summed E-state index contributed by atoms with van der Waals surface area (Å²) in [5, 5.41) is 0. The minimum absolute atomic E-state index is 0.876. The lowest BCUT2D eigenvalue weighted by Gasteiger charge is -2.03. The molecule has 0 unspecified atom stereocenters. The first-order chi connectivity index (χ1) is 5.75. The van der Waals surface area contributed by atoms with Crippen LogP contribution in [0.2, 0.25) is 0 Å². The third-order valence-electron chi connectivity index (χ3n) is 1.76. The highest BCUT2D eigenvalue weighted by Gasteiger charge is 1.97. The smallest absolute Gasteiger partial charge is 0.0184 e. The molecule has 0 heteroatoms. The van der Waals surface area contributed by atoms with Gasteiger partial charge in [0.2, 0.25) is 0 Å². The van der Waals surface area contributed by atoms with Crippen LogP contribution >= 0.6 is 0 Å². The van der Waals surface area contributed by atoms with Gasteiger partial charge in [-0.2, -0.15) is 0 Å². The van der Waals surface area contributed by atoms with Gasteiger partial charge in [-0.25, -0.2) is 0 Å². The van der Waals surface area contributed by atoms with Crippen molar-refractivity contribution in [2.24, 2.45) is 0 Å². The number of hydrogen-bond donors (Lipinski definition) is 0. The van der Waals surface area contributed by atoms with Gasteiger partial charge in [0.15, 0.2) is 0 Å². The van der Waals surface area contributed by atoms with E-state index in [0.717, 1.165) is 16.7 Å². The molecule has 1 aromatic rings. The number of allylic oxidation sites excluding steroid dienone is 3. The van der Waals surface area contributed by atoms with Crippen LogP contribution in [0, 0.1) is 0 Å². The first-order valence-corrected chi connectivity index (χ1v) is 3.81. The van der Waals surface area contributed by atoms with Gasteiger partial charge in [-0.15, -0.1) is 0 Å². The van der Waals surface area contributed by atoms with Crippen molar-refractivity contribution in [3.8, 4) is 0 Å². The van der Waals surface area contributed by atoms with Gasteiger partial charge in [0.05, 0.1) is 0 Å². The molecule has 0 bridgehead atoms. The van der Waals surface area contributed by atoms with E-state index in [0.29, 0.717) is 0 Å². The van der Waals surface area contributed by atoms with Crippen LogP contribution in [0.5, 0.6) is 0 Å². The maximum absolute atomic E-state index is 3.92. The van der Waals surface area contributed by atoms with Crippen LogP contribution in [0.1, 0.15) is 5.56 Å². The van der Waals surface area contributed by atoms with Crippen molar-refractivity contribution >= 4 is 5.57 Å². The molecule has 0 N–H and O–H groups in total. The van der Waals surface area contributed by atoms with E-state index < -0.39 is 0 Å². The average molecular weight is 156 g/mol. The number of benzene rings is 1. The summed E-state index contributed by atoms with van der Waals surface area (Å²) in [4.78, 5) is 0. The highest BCUT2D eigenvalue weighted by Crippen LogP contribution is 2.19. The van der Waals surface area contributed by atoms with E-state index in [1.165, 1.54) is 0 Å². The average Bonchev–Trinajstić information content (AvgIpc) is 2.17. The van der Waals surface area contributed by atoms with Crippen LogP contribution in [-0.4, -0.2) is 0 Å². The molecular formula is C12H12. The predicted octanol–water partition coefficient (Wildman–Crippen LogP) is 3.44. The van der Waals surface area contributed by atoms with E-state index in [1.807, 2.05) is 30.3 Å². The number of rotatable bonds is 3. The van der Waals surface area contributed by atoms with E-state index in [-0.39, 0.29) is 0 Å². The summed E-state index contributed by atoms with van der Waals surface area (Å²) in [6, 6.07) is 9.97. The Bertz CT molecular complexity index is 304. The Morgan fingerprint density at radius 3 is 2.17 bits per heavy atom. The maximum Gasteiger partial charge on any atom is -0.0184 e. The number of hydrogen-bond acceptors (Lipinski definition) is 0. The van der Waals surface area contributed by atoms with Gasteiger partial charge in [-0.05, 0) is 16.7 Å². The molecule has 0 atom stereocenters. The lowest BCUT2D eigenvalue weighted by atomic mass is 10.0. The maximum atomic E-state index is 3.92. The van der Waals surface area contributed by atoms with Crippen molar-refractivity contribution in [1.29, 1.82) is 0 Å². The Kier molecular flexibility index (Phi) is 2.65. The van der Waals surface area contributed by atoms with Crippen LogP contribution in [0.4, 0.5) is 0 Å². The molecule has 0 aliphatic heterocycles. The molecule has 0 aromatic heterocycles. The Hall–Kier alpha value is -1.56. The van der Waals surface area contributed by atoms with Gasteiger partial charge >= 0.3 is 0 Å². The Labute approximate surface area is 73.6 Å². The quantitative estimate of drug-likeness (QED) is 0.588. The lowest BCUT2D eigenvalue weighted by Crippen LogP contribution is -1.82. The molecule has 0 aliphatic carbocycles. The monoisotopic (exact) mass is 156 g/mol. The summed E-state index contributed by atoms with van der Waals surface area (Å²) in [6.07, 6.45) is 1.72. The Balaban J connectivity index is 2.93. The Morgan fingerprint density at radius 2 is 1.67 bits per heavy atom. The molecule has 0 fully saturated rings. The molecule has 12 heavy (non-hydrogen) atoms. The van der Waals surface area contributed by atoms with Crippen LogP contribution in [0.3, 0.4) is 0 Å². The molecule has 0 amide bonds. The molecule has 60 valence electrons. The molecular weight excluding hydrogens is 144 g/mol. The summed E-state index contributed by atoms with van der Waals surface area (Å²) in [5.74, 6) is 0. The zero-order valence-electron chi connectivity index (χ0n) is 7.09. The Morgan fingerprint density at radius 1 is 1.08 bits per heavy atom. The van der Waals surface area contributed by atoms with Gasteiger partial charge in [-0.3, -0.25) is 0 Å². The zero-order valence-corrected chi connectivity index (χ0v) is 7.09. The molecule has 0 saturated carbocycles. The molecule has 1 rings (SSSR count). The second-order valence-electron chi connectivity index (χ2n) is 2.57. The molecule has 0 radical (unpaired) electrons. The van der Waals surface area contributed by atoms with Gasteiger partial charge < -0.3 is 0 Å². The summed E-state index contributed by atoms with van der Waals surface area (Å²) >= 11 is 0. The van der Waals surface area contributed by atoms with E-state index in [4.69, 9.17) is 0 Å². The fraction of sp³-hybridized carbons (Fsp3) is 0. The van der Waals surface area contributed by atoms with Crippen molar-refractivity contribution in [3.63, 3.8) is 0 Å². The lowest BCUT2D eigenvalue weighted by molar-refractivity contribution is 1.60. The van der Waals surface area contributed by atoms with Gasteiger partial charge in [-0.1, -0.05) is 56.1 Å². The van der Waals surface area contributed by atoms with Crippen molar-refractivity contribution in [2.75, 3.05) is 0 Å². The van der Waals surface area contributed by atoms with E-state index in [2.05, 4.69) is 19.7 Å². The first-order valence-electron chi connectivity index (χ1n) is 3.81. The molecule has 0 aliphatic rings. The summed E-state index contributed by atoms with van der Waals surface area (Å²) in [5.41, 5.74) is 2.91. The standard InChI is InChI=1S/C12H12/c1-4-10(2)11(3)12-8-6-5-7-9-12/h4-9H,1-3H2. The first kappa shape index (κ1) is 8.54. The summed E-state index contributed by atoms with van der Waals surface area (Å²) in [6.45, 7) is 11.4. The molecule has 0 spiro atoms. The van der Waals surface area contributed by atoms with Crippen molar-refractivity contribution in [3.05, 3.63) is 67.3 Å². The van der Waals surface area contributed by atoms with Crippen molar-refractivity contribution in [2.45, 2.75) is 0 Å². The predicted molar refractivity (Wildman–Crippen MR) is 54.8 cm³/mol. The minimum atomic E-state index is 0.876. The third-order valence-corrected chi connectivity index (χ3v) is 1.76. The fourth-order valence-corrected chi connectivity index (χ4v) is 0.948. The van der Waals surface area contributed by atoms with Crippen molar-refractivity contribution < 1.29 is 0 Å². The fourth-order valence-electron chi connectivity index (χ4n) is 0.948. The third kappa shape index (κ3) is 1.73. The van der Waals surface area contributed by atoms with Gasteiger partial charge in [0.1, 0.15) is 0 Å². The van der Waals surface area contributed by atoms with Crippen LogP contribution < -0.4 is 0 Å². The van der Waals surface area contributed by atoms with Gasteiger partial charge in [0.25, 0.3) is 0 Å². The van der Waals surface area contributed by atoms with Crippen molar-refractivity contribution in [1.82, 2.24) is 0 Å². The van der Waals surface area contributed by atoms with Gasteiger partial charge in [0, 0.05) is 0 Å². The van der Waals surface area contributed by atoms with Crippen LogP contribution in [0.15, 0.2) is 61.7 Å². The molecule has 0 heterocycles. The topological polar surface area (TPSA) is 0 Å². The van der Waals surface area contributed by atoms with Crippen LogP contribution in [-0.2, 0) is 0 Å². The summed E-state index contributed by atoms with van der Waals surface area (Å²) in [7, 11) is 0. The largest absolute Gasteiger partial charge is 0.0985 e. The second-order valence-corrected chi connectivity index (χ2v) is 2.57.